The summed E-state index contributed by atoms with van der Waals surface area (Å²) in [5.74, 6) is 1.33. The Bertz CT molecular complexity index is 850. The summed E-state index contributed by atoms with van der Waals surface area (Å²) in [6.07, 6.45) is 0.675. The Morgan fingerprint density at radius 1 is 0.806 bits per heavy atom. The van der Waals surface area contributed by atoms with Crippen LogP contribution in [-0.4, -0.2) is 54.8 Å². The van der Waals surface area contributed by atoms with E-state index in [4.69, 9.17) is 33.2 Å². The summed E-state index contributed by atoms with van der Waals surface area (Å²) in [5, 5.41) is 0. The smallest absolute Gasteiger partial charge is 0.310 e. The van der Waals surface area contributed by atoms with Crippen molar-refractivity contribution in [3.05, 3.63) is 41.5 Å². The fourth-order valence-electron chi connectivity index (χ4n) is 3.20. The van der Waals surface area contributed by atoms with Gasteiger partial charge in [0.25, 0.3) is 0 Å². The van der Waals surface area contributed by atoms with Gasteiger partial charge >= 0.3 is 5.97 Å². The highest BCUT2D eigenvalue weighted by atomic mass is 16.7. The summed E-state index contributed by atoms with van der Waals surface area (Å²) in [4.78, 5) is 12.3. The third-order valence-electron chi connectivity index (χ3n) is 4.51. The monoisotopic (exact) mass is 434 g/mol. The van der Waals surface area contributed by atoms with Crippen molar-refractivity contribution in [3.63, 3.8) is 0 Å². The Hall–Kier alpha value is -2.81. The highest BCUT2D eigenvalue weighted by molar-refractivity contribution is 5.83. The van der Waals surface area contributed by atoms with Crippen LogP contribution in [0.4, 0.5) is 0 Å². The molecule has 0 spiro atoms. The molecule has 0 aromatic heterocycles. The Labute approximate surface area is 182 Å². The molecule has 31 heavy (non-hydrogen) atoms. The van der Waals surface area contributed by atoms with Crippen molar-refractivity contribution in [3.8, 4) is 28.4 Å². The van der Waals surface area contributed by atoms with Gasteiger partial charge in [-0.15, -0.1) is 0 Å². The standard InChI is InChI=1S/C23H30O8/c1-6-18-19(11-22(24)28-5)23(16-8-7-9-17(10-16)29-13-25-2)21(31-15-27-4)12-20(18)30-14-26-3/h7-10,12H,6,11,13-15H2,1-5H3. The van der Waals surface area contributed by atoms with Gasteiger partial charge in [-0.25, -0.2) is 0 Å². The van der Waals surface area contributed by atoms with Gasteiger partial charge in [0.1, 0.15) is 17.2 Å². The fourth-order valence-corrected chi connectivity index (χ4v) is 3.20. The predicted molar refractivity (Wildman–Crippen MR) is 114 cm³/mol. The van der Waals surface area contributed by atoms with Crippen LogP contribution in [0.5, 0.6) is 17.2 Å². The van der Waals surface area contributed by atoms with Crippen molar-refractivity contribution < 1.29 is 38.0 Å². The van der Waals surface area contributed by atoms with E-state index in [2.05, 4.69) is 0 Å². The maximum Gasteiger partial charge on any atom is 0.310 e. The van der Waals surface area contributed by atoms with Crippen molar-refractivity contribution in [2.45, 2.75) is 19.8 Å². The summed E-state index contributed by atoms with van der Waals surface area (Å²) >= 11 is 0. The van der Waals surface area contributed by atoms with Gasteiger partial charge in [-0.3, -0.25) is 4.79 Å². The molecule has 0 bridgehead atoms. The topological polar surface area (TPSA) is 81.7 Å². The van der Waals surface area contributed by atoms with E-state index in [9.17, 15) is 4.79 Å². The first-order valence-corrected chi connectivity index (χ1v) is 9.80. The van der Waals surface area contributed by atoms with Gasteiger partial charge in [0.05, 0.1) is 13.5 Å². The van der Waals surface area contributed by atoms with E-state index in [0.717, 1.165) is 22.3 Å². The summed E-state index contributed by atoms with van der Waals surface area (Å²) in [6, 6.07) is 9.27. The number of methoxy groups -OCH3 is 4. The van der Waals surface area contributed by atoms with Crippen LogP contribution in [0.1, 0.15) is 18.1 Å². The van der Waals surface area contributed by atoms with Crippen LogP contribution < -0.4 is 14.2 Å². The van der Waals surface area contributed by atoms with Crippen LogP contribution in [0.15, 0.2) is 30.3 Å². The van der Waals surface area contributed by atoms with Crippen LogP contribution in [-0.2, 0) is 36.6 Å². The zero-order valence-electron chi connectivity index (χ0n) is 18.7. The molecule has 0 aliphatic carbocycles. The van der Waals surface area contributed by atoms with Gasteiger partial charge < -0.3 is 33.2 Å². The van der Waals surface area contributed by atoms with Gasteiger partial charge in [-0.1, -0.05) is 19.1 Å². The van der Waals surface area contributed by atoms with E-state index in [1.807, 2.05) is 31.2 Å². The molecule has 0 aliphatic rings. The van der Waals surface area contributed by atoms with Crippen LogP contribution in [0.25, 0.3) is 11.1 Å². The molecule has 170 valence electrons. The zero-order valence-corrected chi connectivity index (χ0v) is 18.7. The molecule has 2 rings (SSSR count). The lowest BCUT2D eigenvalue weighted by Crippen LogP contribution is -2.12. The molecule has 2 aromatic rings. The van der Waals surface area contributed by atoms with Crippen molar-refractivity contribution in [2.75, 3.05) is 48.8 Å². The number of rotatable bonds is 13. The first-order chi connectivity index (χ1) is 15.1. The van der Waals surface area contributed by atoms with E-state index in [-0.39, 0.29) is 32.8 Å². The van der Waals surface area contributed by atoms with E-state index in [0.29, 0.717) is 23.7 Å². The van der Waals surface area contributed by atoms with Crippen molar-refractivity contribution in [2.24, 2.45) is 0 Å². The van der Waals surface area contributed by atoms with Crippen molar-refractivity contribution in [1.82, 2.24) is 0 Å². The lowest BCUT2D eigenvalue weighted by atomic mass is 9.90. The summed E-state index contributed by atoms with van der Waals surface area (Å²) in [5.41, 5.74) is 3.17. The second-order valence-corrected chi connectivity index (χ2v) is 6.49. The molecule has 0 amide bonds. The molecular weight excluding hydrogens is 404 g/mol. The van der Waals surface area contributed by atoms with E-state index in [1.54, 1.807) is 20.3 Å². The van der Waals surface area contributed by atoms with Gasteiger partial charge in [0.15, 0.2) is 20.4 Å². The average Bonchev–Trinajstić information content (AvgIpc) is 2.79. The van der Waals surface area contributed by atoms with Crippen LogP contribution >= 0.6 is 0 Å². The van der Waals surface area contributed by atoms with Gasteiger partial charge in [0, 0.05) is 33.0 Å². The summed E-state index contributed by atoms with van der Waals surface area (Å²) in [7, 11) is 6.00. The molecule has 0 saturated carbocycles. The van der Waals surface area contributed by atoms with Crippen LogP contribution in [0, 0.1) is 0 Å². The second-order valence-electron chi connectivity index (χ2n) is 6.49. The Kier molecular flexibility index (Phi) is 10.1. The third-order valence-corrected chi connectivity index (χ3v) is 4.51. The third kappa shape index (κ3) is 6.58. The number of ether oxygens (including phenoxy) is 7. The number of carbonyl (C=O) groups excluding carboxylic acids is 1. The first kappa shape index (κ1) is 24.5. The molecule has 0 heterocycles. The molecule has 0 saturated heterocycles. The normalized spacial score (nSPS) is 10.6. The number of hydrogen-bond acceptors (Lipinski definition) is 8. The molecule has 2 aromatic carbocycles. The minimum absolute atomic E-state index is 0.0275. The van der Waals surface area contributed by atoms with Gasteiger partial charge in [0.2, 0.25) is 0 Å². The highest BCUT2D eigenvalue weighted by Crippen LogP contribution is 2.42. The van der Waals surface area contributed by atoms with E-state index in [1.165, 1.54) is 14.2 Å². The Morgan fingerprint density at radius 3 is 2.06 bits per heavy atom. The SMILES string of the molecule is CCc1c(OCOC)cc(OCOC)c(-c2cccc(OCOC)c2)c1CC(=O)OC. The molecular formula is C23H30O8. The minimum Gasteiger partial charge on any atom is -0.469 e. The molecule has 0 atom stereocenters. The quantitative estimate of drug-likeness (QED) is 0.350. The molecule has 0 fully saturated rings. The molecule has 0 aliphatic heterocycles. The molecule has 0 N–H and O–H groups in total. The van der Waals surface area contributed by atoms with Gasteiger partial charge in [-0.05, 0) is 35.2 Å². The number of esters is 1. The molecule has 0 unspecified atom stereocenters. The van der Waals surface area contributed by atoms with Crippen LogP contribution in [0.3, 0.4) is 0 Å². The molecule has 0 radical (unpaired) electrons. The van der Waals surface area contributed by atoms with Gasteiger partial charge in [-0.2, -0.15) is 0 Å². The maximum atomic E-state index is 12.3. The first-order valence-electron chi connectivity index (χ1n) is 9.80. The average molecular weight is 434 g/mol. The van der Waals surface area contributed by atoms with E-state index < -0.39 is 0 Å². The molecule has 8 nitrogen and oxygen atoms in total. The summed E-state index contributed by atoms with van der Waals surface area (Å²) in [6.45, 7) is 2.21. The lowest BCUT2D eigenvalue weighted by Gasteiger charge is -2.22. The maximum absolute atomic E-state index is 12.3. The predicted octanol–water partition coefficient (Wildman–Crippen LogP) is 3.58. The number of carbonyl (C=O) groups is 1. The fraction of sp³-hybridized carbons (Fsp3) is 0.435. The van der Waals surface area contributed by atoms with E-state index >= 15 is 0 Å². The Balaban J connectivity index is 2.72. The number of hydrogen-bond donors (Lipinski definition) is 0. The van der Waals surface area contributed by atoms with Crippen LogP contribution in [0.2, 0.25) is 0 Å². The van der Waals surface area contributed by atoms with Crippen molar-refractivity contribution in [1.29, 1.82) is 0 Å². The van der Waals surface area contributed by atoms with Crippen molar-refractivity contribution >= 4 is 5.97 Å². The minimum atomic E-state index is -0.371. The Morgan fingerprint density at radius 2 is 1.45 bits per heavy atom. The largest absolute Gasteiger partial charge is 0.469 e. The summed E-state index contributed by atoms with van der Waals surface area (Å²) < 4.78 is 37.4. The molecule has 8 heteroatoms. The lowest BCUT2D eigenvalue weighted by molar-refractivity contribution is -0.139. The zero-order chi connectivity index (χ0) is 22.6. The number of benzene rings is 2. The second kappa shape index (κ2) is 12.8. The highest BCUT2D eigenvalue weighted by Gasteiger charge is 2.23.